The van der Waals surface area contributed by atoms with Crippen LogP contribution in [0.5, 0.6) is 0 Å². The third kappa shape index (κ3) is 5.14. The SMILES string of the molecule is CC(NC(=O)COC(=O)c1ccc(S(=O)(=O)N(C)c2ccccc2)cc1)C1CC1. The van der Waals surface area contributed by atoms with E-state index in [1.165, 1.54) is 35.6 Å². The molecule has 0 bridgehead atoms. The van der Waals surface area contributed by atoms with Crippen molar-refractivity contribution < 1.29 is 22.7 Å². The molecule has 1 fully saturated rings. The van der Waals surface area contributed by atoms with Gasteiger partial charge in [0, 0.05) is 13.1 Å². The van der Waals surface area contributed by atoms with Crippen molar-refractivity contribution in [1.82, 2.24) is 5.32 Å². The van der Waals surface area contributed by atoms with Gasteiger partial charge in [0.05, 0.1) is 16.1 Å². The quantitative estimate of drug-likeness (QED) is 0.668. The number of nitrogens with zero attached hydrogens (tertiary/aromatic N) is 1. The molecule has 2 aromatic rings. The van der Waals surface area contributed by atoms with Gasteiger partial charge in [0.15, 0.2) is 6.61 Å². The number of amides is 1. The van der Waals surface area contributed by atoms with E-state index in [2.05, 4.69) is 5.32 Å². The van der Waals surface area contributed by atoms with Gasteiger partial charge in [-0.05, 0) is 62.1 Å². The smallest absolute Gasteiger partial charge is 0.338 e. The molecule has 1 atom stereocenters. The Labute approximate surface area is 170 Å². The van der Waals surface area contributed by atoms with E-state index < -0.39 is 16.0 Å². The summed E-state index contributed by atoms with van der Waals surface area (Å²) in [6.07, 6.45) is 2.21. The van der Waals surface area contributed by atoms with Gasteiger partial charge in [0.25, 0.3) is 15.9 Å². The Kier molecular flexibility index (Phi) is 6.22. The third-order valence-corrected chi connectivity index (χ3v) is 6.72. The van der Waals surface area contributed by atoms with Crippen LogP contribution < -0.4 is 9.62 Å². The summed E-state index contributed by atoms with van der Waals surface area (Å²) in [5, 5.41) is 2.80. The van der Waals surface area contributed by atoms with Crippen LogP contribution in [-0.4, -0.2) is 40.0 Å². The second-order valence-corrected chi connectivity index (χ2v) is 9.07. The monoisotopic (exact) mass is 416 g/mol. The van der Waals surface area contributed by atoms with Gasteiger partial charge in [-0.1, -0.05) is 18.2 Å². The number of sulfonamides is 1. The number of esters is 1. The summed E-state index contributed by atoms with van der Waals surface area (Å²) < 4.78 is 31.7. The van der Waals surface area contributed by atoms with Crippen molar-refractivity contribution in [2.75, 3.05) is 18.0 Å². The molecule has 0 saturated heterocycles. The lowest BCUT2D eigenvalue weighted by Crippen LogP contribution is -2.37. The lowest BCUT2D eigenvalue weighted by Gasteiger charge is -2.19. The molecule has 29 heavy (non-hydrogen) atoms. The van der Waals surface area contributed by atoms with Crippen molar-refractivity contribution in [3.05, 3.63) is 60.2 Å². The van der Waals surface area contributed by atoms with Crippen molar-refractivity contribution in [3.8, 4) is 0 Å². The molecule has 1 unspecified atom stereocenters. The van der Waals surface area contributed by atoms with Crippen LogP contribution >= 0.6 is 0 Å². The van der Waals surface area contributed by atoms with Crippen molar-refractivity contribution in [2.24, 2.45) is 5.92 Å². The summed E-state index contributed by atoms with van der Waals surface area (Å²) >= 11 is 0. The zero-order valence-corrected chi connectivity index (χ0v) is 17.2. The highest BCUT2D eigenvalue weighted by atomic mass is 32.2. The summed E-state index contributed by atoms with van der Waals surface area (Å²) in [6, 6.07) is 14.2. The maximum atomic E-state index is 12.7. The predicted octanol–water partition coefficient (Wildman–Crippen LogP) is 2.58. The number of anilines is 1. The van der Waals surface area contributed by atoms with Crippen LogP contribution in [0.2, 0.25) is 0 Å². The number of para-hydroxylation sites is 1. The molecule has 0 radical (unpaired) electrons. The second kappa shape index (κ2) is 8.65. The summed E-state index contributed by atoms with van der Waals surface area (Å²) in [5.74, 6) is -0.515. The van der Waals surface area contributed by atoms with Crippen LogP contribution in [0.15, 0.2) is 59.5 Å². The number of hydrogen-bond donors (Lipinski definition) is 1. The maximum Gasteiger partial charge on any atom is 0.338 e. The zero-order chi connectivity index (χ0) is 21.0. The molecule has 0 aromatic heterocycles. The fourth-order valence-corrected chi connectivity index (χ4v) is 4.12. The third-order valence-electron chi connectivity index (χ3n) is 4.92. The number of rotatable bonds is 8. The van der Waals surface area contributed by atoms with Gasteiger partial charge in [0.1, 0.15) is 0 Å². The molecule has 1 saturated carbocycles. The van der Waals surface area contributed by atoms with Gasteiger partial charge in [-0.2, -0.15) is 0 Å². The second-order valence-electron chi connectivity index (χ2n) is 7.10. The highest BCUT2D eigenvalue weighted by Crippen LogP contribution is 2.32. The molecule has 2 aromatic carbocycles. The number of carbonyl (C=O) groups excluding carboxylic acids is 2. The number of carbonyl (C=O) groups is 2. The van der Waals surface area contributed by atoms with Gasteiger partial charge in [-0.25, -0.2) is 13.2 Å². The molecule has 3 rings (SSSR count). The largest absolute Gasteiger partial charge is 0.452 e. The van der Waals surface area contributed by atoms with Crippen molar-refractivity contribution in [1.29, 1.82) is 0 Å². The van der Waals surface area contributed by atoms with Crippen molar-refractivity contribution in [2.45, 2.75) is 30.7 Å². The van der Waals surface area contributed by atoms with Gasteiger partial charge < -0.3 is 10.1 Å². The fourth-order valence-electron chi connectivity index (χ4n) is 2.92. The molecule has 1 N–H and O–H groups in total. The number of nitrogens with one attached hydrogen (secondary N) is 1. The van der Waals surface area contributed by atoms with Crippen LogP contribution in [0.3, 0.4) is 0 Å². The van der Waals surface area contributed by atoms with Crippen molar-refractivity contribution >= 4 is 27.6 Å². The molecule has 1 aliphatic carbocycles. The van der Waals surface area contributed by atoms with E-state index in [1.807, 2.05) is 6.92 Å². The molecule has 154 valence electrons. The molecule has 8 heteroatoms. The fraction of sp³-hybridized carbons (Fsp3) is 0.333. The molecule has 1 aliphatic rings. The van der Waals surface area contributed by atoms with Crippen LogP contribution in [0, 0.1) is 5.92 Å². The summed E-state index contributed by atoms with van der Waals surface area (Å²) in [5.41, 5.74) is 0.705. The van der Waals surface area contributed by atoms with E-state index in [9.17, 15) is 18.0 Å². The Morgan fingerprint density at radius 2 is 1.72 bits per heavy atom. The van der Waals surface area contributed by atoms with Gasteiger partial charge in [-0.3, -0.25) is 9.10 Å². The molecule has 0 aliphatic heterocycles. The summed E-state index contributed by atoms with van der Waals surface area (Å²) in [4.78, 5) is 24.0. The minimum Gasteiger partial charge on any atom is -0.452 e. The summed E-state index contributed by atoms with van der Waals surface area (Å²) in [6.45, 7) is 1.57. The van der Waals surface area contributed by atoms with E-state index in [0.717, 1.165) is 12.8 Å². The van der Waals surface area contributed by atoms with Crippen LogP contribution in [0.25, 0.3) is 0 Å². The number of ether oxygens (including phenoxy) is 1. The van der Waals surface area contributed by atoms with E-state index >= 15 is 0 Å². The van der Waals surface area contributed by atoms with Crippen molar-refractivity contribution in [3.63, 3.8) is 0 Å². The van der Waals surface area contributed by atoms with E-state index in [-0.39, 0.29) is 29.0 Å². The number of benzene rings is 2. The Bertz CT molecular complexity index is 970. The first-order valence-electron chi connectivity index (χ1n) is 9.39. The minimum absolute atomic E-state index is 0.0522. The van der Waals surface area contributed by atoms with E-state index in [0.29, 0.717) is 11.6 Å². The first kappa shape index (κ1) is 20.9. The van der Waals surface area contributed by atoms with Gasteiger partial charge in [0.2, 0.25) is 0 Å². The molecule has 1 amide bonds. The Hall–Kier alpha value is -2.87. The number of hydrogen-bond acceptors (Lipinski definition) is 5. The molecule has 0 spiro atoms. The molecule has 7 nitrogen and oxygen atoms in total. The van der Waals surface area contributed by atoms with E-state index in [1.54, 1.807) is 30.3 Å². The lowest BCUT2D eigenvalue weighted by atomic mass is 10.2. The van der Waals surface area contributed by atoms with Crippen LogP contribution in [-0.2, 0) is 19.6 Å². The lowest BCUT2D eigenvalue weighted by molar-refractivity contribution is -0.124. The van der Waals surface area contributed by atoms with Gasteiger partial charge >= 0.3 is 5.97 Å². The standard InChI is InChI=1S/C21H24N2O5S/c1-15(16-8-9-16)22-20(24)14-28-21(25)17-10-12-19(13-11-17)29(26,27)23(2)18-6-4-3-5-7-18/h3-7,10-13,15-16H,8-9,14H2,1-2H3,(H,22,24). The predicted molar refractivity (Wildman–Crippen MR) is 109 cm³/mol. The topological polar surface area (TPSA) is 92.8 Å². The first-order valence-corrected chi connectivity index (χ1v) is 10.8. The maximum absolute atomic E-state index is 12.7. The molecular formula is C21H24N2O5S. The average molecular weight is 416 g/mol. The van der Waals surface area contributed by atoms with E-state index in [4.69, 9.17) is 4.74 Å². The highest BCUT2D eigenvalue weighted by Gasteiger charge is 2.29. The Balaban J connectivity index is 1.60. The highest BCUT2D eigenvalue weighted by molar-refractivity contribution is 7.92. The van der Waals surface area contributed by atoms with Crippen LogP contribution in [0.1, 0.15) is 30.1 Å². The summed E-state index contributed by atoms with van der Waals surface area (Å²) in [7, 11) is -2.29. The minimum atomic E-state index is -3.76. The van der Waals surface area contributed by atoms with Crippen LogP contribution in [0.4, 0.5) is 5.69 Å². The Morgan fingerprint density at radius 3 is 2.31 bits per heavy atom. The van der Waals surface area contributed by atoms with Gasteiger partial charge in [-0.15, -0.1) is 0 Å². The zero-order valence-electron chi connectivity index (χ0n) is 16.4. The normalized spacial score (nSPS) is 14.7. The first-order chi connectivity index (χ1) is 13.8. The average Bonchev–Trinajstić information content (AvgIpc) is 3.57. The molecule has 0 heterocycles. The molecular weight excluding hydrogens is 392 g/mol. The Morgan fingerprint density at radius 1 is 1.10 bits per heavy atom.